The lowest BCUT2D eigenvalue weighted by molar-refractivity contribution is -0.123. The molecule has 2 amide bonds. The first-order valence-electron chi connectivity index (χ1n) is 8.73. The zero-order valence-corrected chi connectivity index (χ0v) is 15.4. The lowest BCUT2D eigenvalue weighted by Crippen LogP contribution is -2.48. The molecule has 8 heteroatoms. The third kappa shape index (κ3) is 4.64. The van der Waals surface area contributed by atoms with E-state index in [-0.39, 0.29) is 18.5 Å². The standard InChI is InChI=1S/C20H20FN3O4/c1-12(2)18(20(26)24-22-10-13-3-6-15(21)7-4-13)23-19(25)14-5-8-16-17(9-14)28-11-27-16/h3-10,12,18H,11H2,1-2H3,(H,23,25)(H,24,26). The van der Waals surface area contributed by atoms with Crippen molar-refractivity contribution in [3.8, 4) is 11.5 Å². The molecule has 1 aliphatic rings. The molecule has 0 radical (unpaired) electrons. The van der Waals surface area contributed by atoms with Gasteiger partial charge in [-0.1, -0.05) is 26.0 Å². The van der Waals surface area contributed by atoms with E-state index in [2.05, 4.69) is 15.8 Å². The van der Waals surface area contributed by atoms with E-state index in [9.17, 15) is 14.0 Å². The highest BCUT2D eigenvalue weighted by molar-refractivity contribution is 5.98. The molecule has 0 saturated carbocycles. The van der Waals surface area contributed by atoms with Crippen molar-refractivity contribution in [2.45, 2.75) is 19.9 Å². The molecule has 0 bridgehead atoms. The van der Waals surface area contributed by atoms with Gasteiger partial charge in [0.1, 0.15) is 11.9 Å². The van der Waals surface area contributed by atoms with Crippen LogP contribution in [-0.2, 0) is 4.79 Å². The molecule has 1 atom stereocenters. The van der Waals surface area contributed by atoms with E-state index in [1.54, 1.807) is 18.2 Å². The predicted octanol–water partition coefficient (Wildman–Crippen LogP) is 2.46. The van der Waals surface area contributed by atoms with Crippen LogP contribution in [0, 0.1) is 11.7 Å². The highest BCUT2D eigenvalue weighted by Crippen LogP contribution is 2.32. The minimum atomic E-state index is -0.789. The van der Waals surface area contributed by atoms with Gasteiger partial charge in [0.2, 0.25) is 6.79 Å². The number of ether oxygens (including phenoxy) is 2. The second-order valence-corrected chi connectivity index (χ2v) is 6.55. The summed E-state index contributed by atoms with van der Waals surface area (Å²) in [7, 11) is 0. The molecule has 0 aromatic heterocycles. The smallest absolute Gasteiger partial charge is 0.262 e. The summed E-state index contributed by atoms with van der Waals surface area (Å²) >= 11 is 0. The molecule has 1 heterocycles. The first kappa shape index (κ1) is 19.3. The fourth-order valence-electron chi connectivity index (χ4n) is 2.59. The van der Waals surface area contributed by atoms with Crippen molar-refractivity contribution in [2.24, 2.45) is 11.0 Å². The minimum Gasteiger partial charge on any atom is -0.454 e. The van der Waals surface area contributed by atoms with Gasteiger partial charge in [-0.05, 0) is 41.8 Å². The summed E-state index contributed by atoms with van der Waals surface area (Å²) in [6.45, 7) is 3.74. The molecule has 1 aliphatic heterocycles. The molecule has 0 saturated heterocycles. The van der Waals surface area contributed by atoms with E-state index in [0.717, 1.165) is 0 Å². The molecular weight excluding hydrogens is 365 g/mol. The third-order valence-electron chi connectivity index (χ3n) is 4.13. The lowest BCUT2D eigenvalue weighted by atomic mass is 10.0. The second-order valence-electron chi connectivity index (χ2n) is 6.55. The summed E-state index contributed by atoms with van der Waals surface area (Å²) < 4.78 is 23.4. The summed E-state index contributed by atoms with van der Waals surface area (Å²) in [6, 6.07) is 9.69. The fraction of sp³-hybridized carbons (Fsp3) is 0.250. The van der Waals surface area contributed by atoms with Crippen molar-refractivity contribution in [3.05, 3.63) is 59.4 Å². The molecule has 2 aromatic rings. The Hall–Kier alpha value is -3.42. The Bertz CT molecular complexity index is 897. The zero-order valence-electron chi connectivity index (χ0n) is 15.4. The number of carbonyl (C=O) groups excluding carboxylic acids is 2. The Labute approximate surface area is 161 Å². The first-order valence-corrected chi connectivity index (χ1v) is 8.73. The molecule has 0 fully saturated rings. The lowest BCUT2D eigenvalue weighted by Gasteiger charge is -2.20. The SMILES string of the molecule is CC(C)C(NC(=O)c1ccc2c(c1)OCO2)C(=O)NN=Cc1ccc(F)cc1. The molecule has 2 N–H and O–H groups in total. The largest absolute Gasteiger partial charge is 0.454 e. The van der Waals surface area contributed by atoms with Gasteiger partial charge in [0.25, 0.3) is 11.8 Å². The van der Waals surface area contributed by atoms with E-state index in [1.807, 2.05) is 13.8 Å². The van der Waals surface area contributed by atoms with Crippen molar-refractivity contribution in [1.29, 1.82) is 0 Å². The number of fused-ring (bicyclic) bond motifs is 1. The summed E-state index contributed by atoms with van der Waals surface area (Å²) in [5, 5.41) is 6.58. The van der Waals surface area contributed by atoms with Crippen LogP contribution in [-0.4, -0.2) is 30.9 Å². The van der Waals surface area contributed by atoms with E-state index in [4.69, 9.17) is 9.47 Å². The Morgan fingerprint density at radius 3 is 2.54 bits per heavy atom. The van der Waals surface area contributed by atoms with Gasteiger partial charge in [-0.15, -0.1) is 0 Å². The van der Waals surface area contributed by atoms with Gasteiger partial charge in [0, 0.05) is 5.56 Å². The van der Waals surface area contributed by atoms with Gasteiger partial charge in [-0.25, -0.2) is 9.82 Å². The molecule has 3 rings (SSSR count). The summed E-state index contributed by atoms with van der Waals surface area (Å²) in [5.41, 5.74) is 3.39. The maximum atomic E-state index is 12.9. The van der Waals surface area contributed by atoms with E-state index >= 15 is 0 Å². The molecule has 146 valence electrons. The summed E-state index contributed by atoms with van der Waals surface area (Å²) in [6.07, 6.45) is 1.40. The van der Waals surface area contributed by atoms with Crippen LogP contribution in [0.5, 0.6) is 11.5 Å². The van der Waals surface area contributed by atoms with Gasteiger partial charge in [-0.2, -0.15) is 5.10 Å². The first-order chi connectivity index (χ1) is 13.4. The van der Waals surface area contributed by atoms with E-state index in [0.29, 0.717) is 22.6 Å². The van der Waals surface area contributed by atoms with Gasteiger partial charge < -0.3 is 14.8 Å². The Balaban J connectivity index is 1.62. The second kappa shape index (κ2) is 8.51. The molecule has 0 aliphatic carbocycles. The molecule has 7 nitrogen and oxygen atoms in total. The number of hydrazone groups is 1. The molecule has 2 aromatic carbocycles. The Morgan fingerprint density at radius 1 is 1.11 bits per heavy atom. The fourth-order valence-corrected chi connectivity index (χ4v) is 2.59. The highest BCUT2D eigenvalue weighted by atomic mass is 19.1. The monoisotopic (exact) mass is 385 g/mol. The number of nitrogens with zero attached hydrogens (tertiary/aromatic N) is 1. The van der Waals surface area contributed by atoms with E-state index in [1.165, 1.54) is 30.5 Å². The number of halogens is 1. The number of benzene rings is 2. The van der Waals surface area contributed by atoms with Crippen LogP contribution in [0.3, 0.4) is 0 Å². The van der Waals surface area contributed by atoms with Crippen LogP contribution in [0.1, 0.15) is 29.8 Å². The van der Waals surface area contributed by atoms with Crippen LogP contribution in [0.4, 0.5) is 4.39 Å². The Kier molecular flexibility index (Phi) is 5.88. The highest BCUT2D eigenvalue weighted by Gasteiger charge is 2.25. The van der Waals surface area contributed by atoms with Gasteiger partial charge in [-0.3, -0.25) is 9.59 Å². The minimum absolute atomic E-state index is 0.115. The van der Waals surface area contributed by atoms with Crippen LogP contribution in [0.2, 0.25) is 0 Å². The van der Waals surface area contributed by atoms with Gasteiger partial charge >= 0.3 is 0 Å². The number of nitrogens with one attached hydrogen (secondary N) is 2. The average Bonchev–Trinajstić information content (AvgIpc) is 3.14. The van der Waals surface area contributed by atoms with Crippen LogP contribution in [0.25, 0.3) is 0 Å². The van der Waals surface area contributed by atoms with Crippen molar-refractivity contribution < 1.29 is 23.5 Å². The zero-order chi connectivity index (χ0) is 20.1. The molecule has 0 spiro atoms. The maximum absolute atomic E-state index is 12.9. The van der Waals surface area contributed by atoms with Crippen molar-refractivity contribution in [1.82, 2.24) is 10.7 Å². The van der Waals surface area contributed by atoms with Crippen molar-refractivity contribution in [2.75, 3.05) is 6.79 Å². The van der Waals surface area contributed by atoms with Crippen LogP contribution >= 0.6 is 0 Å². The third-order valence-corrected chi connectivity index (χ3v) is 4.13. The summed E-state index contributed by atoms with van der Waals surface area (Å²) in [5.74, 6) is -0.324. The van der Waals surface area contributed by atoms with Gasteiger partial charge in [0.15, 0.2) is 11.5 Å². The number of hydrogen-bond acceptors (Lipinski definition) is 5. The number of hydrogen-bond donors (Lipinski definition) is 2. The summed E-state index contributed by atoms with van der Waals surface area (Å²) in [4.78, 5) is 25.0. The van der Waals surface area contributed by atoms with Crippen molar-refractivity contribution in [3.63, 3.8) is 0 Å². The normalized spacial score (nSPS) is 13.6. The average molecular weight is 385 g/mol. The predicted molar refractivity (Wildman–Crippen MR) is 101 cm³/mol. The number of carbonyl (C=O) groups is 2. The number of rotatable bonds is 6. The topological polar surface area (TPSA) is 89.0 Å². The molecule has 1 unspecified atom stereocenters. The number of amides is 2. The van der Waals surface area contributed by atoms with Crippen LogP contribution in [0.15, 0.2) is 47.6 Å². The van der Waals surface area contributed by atoms with Crippen molar-refractivity contribution >= 4 is 18.0 Å². The van der Waals surface area contributed by atoms with Crippen LogP contribution < -0.4 is 20.2 Å². The molecule has 28 heavy (non-hydrogen) atoms. The van der Waals surface area contributed by atoms with E-state index < -0.39 is 17.9 Å². The quantitative estimate of drug-likeness (QED) is 0.591. The van der Waals surface area contributed by atoms with Gasteiger partial charge in [0.05, 0.1) is 6.21 Å². The molecular formula is C20H20FN3O4. The Morgan fingerprint density at radius 2 is 1.82 bits per heavy atom. The maximum Gasteiger partial charge on any atom is 0.262 e.